The van der Waals surface area contributed by atoms with Gasteiger partial charge < -0.3 is 0 Å². The minimum Gasteiger partial charge on any atom is -0.245 e. The Balaban J connectivity index is 2.49. The normalized spacial score (nSPS) is 10.3. The largest absolute Gasteiger partial charge is 0.245 e. The predicted molar refractivity (Wildman–Crippen MR) is 55.4 cm³/mol. The average Bonchev–Trinajstić information content (AvgIpc) is 2.62. The van der Waals surface area contributed by atoms with Gasteiger partial charge >= 0.3 is 0 Å². The molecular weight excluding hydrogens is 227 g/mol. The lowest BCUT2D eigenvalue weighted by atomic mass is 10.2. The van der Waals surface area contributed by atoms with Crippen molar-refractivity contribution in [3.63, 3.8) is 0 Å². The Morgan fingerprint density at radius 2 is 2.08 bits per heavy atom. The molecule has 0 N–H and O–H groups in total. The highest BCUT2D eigenvalue weighted by Crippen LogP contribution is 2.25. The van der Waals surface area contributed by atoms with Crippen LogP contribution in [0.5, 0.6) is 0 Å². The van der Waals surface area contributed by atoms with E-state index in [1.54, 1.807) is 17.8 Å². The lowest BCUT2D eigenvalue weighted by Crippen LogP contribution is -1.81. The maximum Gasteiger partial charge on any atom is 0.147 e. The molecule has 0 atom stereocenters. The molecule has 2 aromatic heterocycles. The molecule has 0 bridgehead atoms. The van der Waals surface area contributed by atoms with Crippen molar-refractivity contribution in [2.24, 2.45) is 0 Å². The molecule has 0 aliphatic heterocycles. The second-order valence-corrected chi connectivity index (χ2v) is 3.85. The molecule has 2 rings (SSSR count). The molecule has 5 heteroatoms. The minimum atomic E-state index is 0.320. The van der Waals surface area contributed by atoms with Gasteiger partial charge in [0, 0.05) is 17.1 Å². The molecule has 0 saturated heterocycles. The van der Waals surface area contributed by atoms with Crippen molar-refractivity contribution < 1.29 is 0 Å². The molecule has 2 heterocycles. The number of rotatable bonds is 1. The summed E-state index contributed by atoms with van der Waals surface area (Å²) >= 11 is 13.0. The van der Waals surface area contributed by atoms with Crippen LogP contribution in [0, 0.1) is 0 Å². The van der Waals surface area contributed by atoms with Crippen LogP contribution in [0.25, 0.3) is 11.3 Å². The highest BCUT2D eigenvalue weighted by molar-refractivity contribution is 7.07. The van der Waals surface area contributed by atoms with E-state index in [0.717, 1.165) is 11.3 Å². The third-order valence-electron chi connectivity index (χ3n) is 1.52. The van der Waals surface area contributed by atoms with Gasteiger partial charge in [0.25, 0.3) is 0 Å². The van der Waals surface area contributed by atoms with Crippen LogP contribution in [0.1, 0.15) is 0 Å². The Morgan fingerprint density at radius 3 is 2.69 bits per heavy atom. The predicted octanol–water partition coefficient (Wildman–Crippen LogP) is 3.51. The highest BCUT2D eigenvalue weighted by atomic mass is 35.5. The summed E-state index contributed by atoms with van der Waals surface area (Å²) in [6.45, 7) is 0. The zero-order valence-electron chi connectivity index (χ0n) is 6.37. The lowest BCUT2D eigenvalue weighted by Gasteiger charge is -1.97. The van der Waals surface area contributed by atoms with E-state index < -0.39 is 0 Å². The van der Waals surface area contributed by atoms with Crippen LogP contribution in [0.4, 0.5) is 0 Å². The number of nitrogens with zero attached hydrogens (tertiary/aromatic N) is 2. The number of halogens is 2. The Morgan fingerprint density at radius 1 is 1.23 bits per heavy atom. The van der Waals surface area contributed by atoms with Crippen LogP contribution in [0.2, 0.25) is 10.2 Å². The molecule has 0 fully saturated rings. The van der Waals surface area contributed by atoms with Crippen LogP contribution in [-0.4, -0.2) is 9.97 Å². The van der Waals surface area contributed by atoms with Crippen molar-refractivity contribution >= 4 is 34.5 Å². The fourth-order valence-electron chi connectivity index (χ4n) is 0.916. The molecule has 0 unspecified atom stereocenters. The van der Waals surface area contributed by atoms with E-state index in [0.29, 0.717) is 10.2 Å². The molecular formula is C8H4Cl2N2S. The molecule has 13 heavy (non-hydrogen) atoms. The van der Waals surface area contributed by atoms with Crippen molar-refractivity contribution in [2.75, 3.05) is 0 Å². The second-order valence-electron chi connectivity index (χ2n) is 2.37. The first-order chi connectivity index (χ1) is 6.27. The van der Waals surface area contributed by atoms with Crippen LogP contribution in [-0.2, 0) is 0 Å². The molecule has 0 aromatic carbocycles. The van der Waals surface area contributed by atoms with Crippen LogP contribution in [0.15, 0.2) is 23.2 Å². The maximum absolute atomic E-state index is 5.81. The zero-order valence-corrected chi connectivity index (χ0v) is 8.70. The number of aromatic nitrogens is 2. The first-order valence-electron chi connectivity index (χ1n) is 3.47. The van der Waals surface area contributed by atoms with E-state index in [4.69, 9.17) is 23.2 Å². The molecule has 0 radical (unpaired) electrons. The Kier molecular flexibility index (Phi) is 2.49. The lowest BCUT2D eigenvalue weighted by molar-refractivity contribution is 1.31. The highest BCUT2D eigenvalue weighted by Gasteiger charge is 2.03. The summed E-state index contributed by atoms with van der Waals surface area (Å²) in [4.78, 5) is 8.07. The third-order valence-corrected chi connectivity index (χ3v) is 2.80. The van der Waals surface area contributed by atoms with Crippen LogP contribution >= 0.6 is 34.5 Å². The van der Waals surface area contributed by atoms with Gasteiger partial charge in [-0.2, -0.15) is 0 Å². The number of thiazole rings is 1. The molecule has 2 aromatic rings. The molecule has 0 aliphatic carbocycles. The fourth-order valence-corrected chi connectivity index (χ4v) is 1.75. The van der Waals surface area contributed by atoms with E-state index in [2.05, 4.69) is 9.97 Å². The third kappa shape index (κ3) is 1.82. The van der Waals surface area contributed by atoms with Gasteiger partial charge in [0.15, 0.2) is 0 Å². The van der Waals surface area contributed by atoms with E-state index in [-0.39, 0.29) is 0 Å². The van der Waals surface area contributed by atoms with Crippen molar-refractivity contribution in [3.8, 4) is 11.3 Å². The topological polar surface area (TPSA) is 25.8 Å². The Bertz CT molecular complexity index is 414. The molecule has 0 aliphatic rings. The smallest absolute Gasteiger partial charge is 0.147 e. The number of hydrogen-bond acceptors (Lipinski definition) is 3. The Hall–Kier alpha value is -0.640. The van der Waals surface area contributed by atoms with E-state index in [1.807, 2.05) is 5.38 Å². The second kappa shape index (κ2) is 3.62. The van der Waals surface area contributed by atoms with Gasteiger partial charge in [-0.05, 0) is 6.07 Å². The van der Waals surface area contributed by atoms with E-state index >= 15 is 0 Å². The zero-order chi connectivity index (χ0) is 9.26. The molecule has 66 valence electrons. The summed E-state index contributed by atoms with van der Waals surface area (Å²) in [5.41, 5.74) is 3.52. The van der Waals surface area contributed by atoms with Gasteiger partial charge in [0.2, 0.25) is 0 Å². The van der Waals surface area contributed by atoms with E-state index in [1.165, 1.54) is 11.3 Å². The summed E-state index contributed by atoms with van der Waals surface area (Å²) in [5.74, 6) is 0. The molecule has 0 saturated carbocycles. The average molecular weight is 231 g/mol. The quantitative estimate of drug-likeness (QED) is 0.702. The maximum atomic E-state index is 5.81. The van der Waals surface area contributed by atoms with Crippen molar-refractivity contribution in [1.29, 1.82) is 0 Å². The fraction of sp³-hybridized carbons (Fsp3) is 0. The summed E-state index contributed by atoms with van der Waals surface area (Å²) < 4.78 is 0. The van der Waals surface area contributed by atoms with Crippen molar-refractivity contribution in [2.45, 2.75) is 0 Å². The summed E-state index contributed by atoms with van der Waals surface area (Å²) in [6.07, 6.45) is 1.66. The SMILES string of the molecule is Clc1cc(-c2cscn2)cnc1Cl. The van der Waals surface area contributed by atoms with Crippen LogP contribution in [0.3, 0.4) is 0 Å². The first kappa shape index (κ1) is 8.94. The van der Waals surface area contributed by atoms with Crippen molar-refractivity contribution in [1.82, 2.24) is 9.97 Å². The molecule has 0 spiro atoms. The molecule has 0 amide bonds. The molecule has 2 nitrogen and oxygen atoms in total. The number of pyridine rings is 1. The first-order valence-corrected chi connectivity index (χ1v) is 5.17. The standard InChI is InChI=1S/C8H4Cl2N2S/c9-6-1-5(2-11-8(6)10)7-3-13-4-12-7/h1-4H. The summed E-state index contributed by atoms with van der Waals surface area (Å²) in [5, 5.41) is 2.70. The van der Waals surface area contributed by atoms with E-state index in [9.17, 15) is 0 Å². The van der Waals surface area contributed by atoms with Gasteiger partial charge in [-0.15, -0.1) is 11.3 Å². The van der Waals surface area contributed by atoms with Gasteiger partial charge in [0.1, 0.15) is 5.15 Å². The van der Waals surface area contributed by atoms with Gasteiger partial charge in [-0.3, -0.25) is 0 Å². The Labute approximate surface area is 89.2 Å². The van der Waals surface area contributed by atoms with Crippen LogP contribution < -0.4 is 0 Å². The van der Waals surface area contributed by atoms with Gasteiger partial charge in [-0.25, -0.2) is 9.97 Å². The minimum absolute atomic E-state index is 0.320. The van der Waals surface area contributed by atoms with Gasteiger partial charge in [-0.1, -0.05) is 23.2 Å². The van der Waals surface area contributed by atoms with Crippen molar-refractivity contribution in [3.05, 3.63) is 33.3 Å². The summed E-state index contributed by atoms with van der Waals surface area (Å²) in [7, 11) is 0. The number of hydrogen-bond donors (Lipinski definition) is 0. The monoisotopic (exact) mass is 230 g/mol. The van der Waals surface area contributed by atoms with Gasteiger partial charge in [0.05, 0.1) is 16.2 Å². The summed E-state index contributed by atoms with van der Waals surface area (Å²) in [6, 6.07) is 1.76.